The summed E-state index contributed by atoms with van der Waals surface area (Å²) in [6.07, 6.45) is 0.0885. The Hall–Kier alpha value is -3.86. The first-order valence-corrected chi connectivity index (χ1v) is 12.4. The zero-order valence-corrected chi connectivity index (χ0v) is 20.7. The van der Waals surface area contributed by atoms with Crippen molar-refractivity contribution in [3.8, 4) is 22.6 Å². The van der Waals surface area contributed by atoms with Crippen molar-refractivity contribution in [2.45, 2.75) is 31.6 Å². The molecule has 2 heterocycles. The van der Waals surface area contributed by atoms with Gasteiger partial charge in [0.2, 0.25) is 11.8 Å². The Bertz CT molecular complexity index is 1400. The number of carbonyl (C=O) groups is 2. The molecule has 0 spiro atoms. The summed E-state index contributed by atoms with van der Waals surface area (Å²) in [7, 11) is -1.12. The third-order valence-electron chi connectivity index (χ3n) is 5.79. The Morgan fingerprint density at radius 3 is 2.40 bits per heavy atom. The molecule has 0 bridgehead atoms. The van der Waals surface area contributed by atoms with E-state index in [-0.39, 0.29) is 47.7 Å². The molecular weight excluding hydrogens is 472 g/mol. The van der Waals surface area contributed by atoms with Gasteiger partial charge >= 0.3 is 0 Å². The predicted octanol–water partition coefficient (Wildman–Crippen LogP) is 3.46. The number of nitrogens with one attached hydrogen (secondary N) is 1. The number of rotatable bonds is 7. The van der Waals surface area contributed by atoms with Crippen LogP contribution in [0.5, 0.6) is 11.5 Å². The molecule has 11 heteroatoms. The Balaban J connectivity index is 1.86. The molecule has 0 radical (unpaired) electrons. The summed E-state index contributed by atoms with van der Waals surface area (Å²) >= 11 is 0. The van der Waals surface area contributed by atoms with E-state index in [0.29, 0.717) is 28.3 Å². The van der Waals surface area contributed by atoms with Crippen molar-refractivity contribution in [1.82, 2.24) is 9.78 Å². The van der Waals surface area contributed by atoms with Crippen molar-refractivity contribution >= 4 is 33.3 Å². The fourth-order valence-electron chi connectivity index (χ4n) is 4.08. The van der Waals surface area contributed by atoms with E-state index in [9.17, 15) is 18.0 Å². The van der Waals surface area contributed by atoms with Crippen LogP contribution in [0.1, 0.15) is 30.3 Å². The molecule has 0 aliphatic carbocycles. The van der Waals surface area contributed by atoms with Crippen LogP contribution in [0.15, 0.2) is 47.4 Å². The van der Waals surface area contributed by atoms with Crippen LogP contribution in [0.4, 0.5) is 11.5 Å². The number of aryl methyl sites for hydroxylation is 1. The number of aromatic nitrogens is 2. The van der Waals surface area contributed by atoms with E-state index >= 15 is 0 Å². The summed E-state index contributed by atoms with van der Waals surface area (Å²) in [5.41, 5.74) is 1.89. The lowest BCUT2D eigenvalue weighted by atomic mass is 10.1. The van der Waals surface area contributed by atoms with Crippen LogP contribution in [-0.4, -0.2) is 50.8 Å². The molecule has 10 nitrogen and oxygen atoms in total. The maximum Gasteiger partial charge on any atom is 0.268 e. The highest BCUT2D eigenvalue weighted by atomic mass is 32.2. The van der Waals surface area contributed by atoms with Gasteiger partial charge < -0.3 is 14.8 Å². The third kappa shape index (κ3) is 4.34. The van der Waals surface area contributed by atoms with Gasteiger partial charge in [-0.25, -0.2) is 8.42 Å². The zero-order valence-electron chi connectivity index (χ0n) is 19.9. The van der Waals surface area contributed by atoms with Gasteiger partial charge in [-0.2, -0.15) is 9.78 Å². The lowest BCUT2D eigenvalue weighted by Crippen LogP contribution is -2.31. The van der Waals surface area contributed by atoms with Gasteiger partial charge in [0, 0.05) is 24.9 Å². The highest BCUT2D eigenvalue weighted by Gasteiger charge is 2.30. The van der Waals surface area contributed by atoms with Crippen LogP contribution in [0.25, 0.3) is 11.1 Å². The summed E-state index contributed by atoms with van der Waals surface area (Å²) in [5.74, 6) is 0.375. The largest absolute Gasteiger partial charge is 0.497 e. The minimum atomic E-state index is -4.06. The number of hydrogen-bond acceptors (Lipinski definition) is 7. The maximum absolute atomic E-state index is 13.8. The molecule has 35 heavy (non-hydrogen) atoms. The number of benzene rings is 2. The Labute approximate surface area is 203 Å². The minimum absolute atomic E-state index is 0.0367. The van der Waals surface area contributed by atoms with E-state index in [1.807, 2.05) is 0 Å². The predicted molar refractivity (Wildman–Crippen MR) is 131 cm³/mol. The Morgan fingerprint density at radius 1 is 1.06 bits per heavy atom. The maximum atomic E-state index is 13.8. The number of nitrogens with zero attached hydrogens (tertiary/aromatic N) is 3. The van der Waals surface area contributed by atoms with Crippen molar-refractivity contribution in [1.29, 1.82) is 0 Å². The summed E-state index contributed by atoms with van der Waals surface area (Å²) in [6.45, 7) is 3.61. The molecule has 184 valence electrons. The average molecular weight is 499 g/mol. The lowest BCUT2D eigenvalue weighted by molar-refractivity contribution is -0.116. The molecule has 0 saturated carbocycles. The van der Waals surface area contributed by atoms with E-state index in [1.165, 1.54) is 29.3 Å². The van der Waals surface area contributed by atoms with E-state index in [0.717, 1.165) is 0 Å². The fourth-order valence-corrected chi connectivity index (χ4v) is 5.74. The van der Waals surface area contributed by atoms with Gasteiger partial charge in [-0.05, 0) is 55.8 Å². The number of methoxy groups -OCH3 is 2. The van der Waals surface area contributed by atoms with Crippen LogP contribution in [0.3, 0.4) is 0 Å². The summed E-state index contributed by atoms with van der Waals surface area (Å²) < 4.78 is 40.7. The number of anilines is 2. The smallest absolute Gasteiger partial charge is 0.268 e. The molecule has 1 aliphatic rings. The number of amides is 1. The van der Waals surface area contributed by atoms with E-state index in [1.54, 1.807) is 50.2 Å². The van der Waals surface area contributed by atoms with Crippen molar-refractivity contribution in [3.63, 3.8) is 0 Å². The molecule has 2 aromatic carbocycles. The van der Waals surface area contributed by atoms with E-state index in [4.69, 9.17) is 9.47 Å². The Kier molecular flexibility index (Phi) is 6.53. The van der Waals surface area contributed by atoms with E-state index in [2.05, 4.69) is 10.4 Å². The van der Waals surface area contributed by atoms with E-state index < -0.39 is 10.0 Å². The van der Waals surface area contributed by atoms with Gasteiger partial charge in [0.25, 0.3) is 10.0 Å². The first kappa shape index (κ1) is 24.3. The molecule has 1 aliphatic heterocycles. The Morgan fingerprint density at radius 2 is 1.77 bits per heavy atom. The molecule has 0 saturated heterocycles. The molecule has 0 fully saturated rings. The molecule has 3 aromatic rings. The average Bonchev–Trinajstić information content (AvgIpc) is 3.11. The standard InChI is InChI=1S/C24H26N4O6S/c1-5-27(17-7-9-18(33-3)10-8-17)35(31,32)20-14-16(6-11-19(20)34-4)23-15(2)26-28-22(30)13-12-21(29)25-24(23)28/h6-11,14H,5,12-13H2,1-4H3,(H,25,29). The van der Waals surface area contributed by atoms with Crippen molar-refractivity contribution in [2.75, 3.05) is 30.4 Å². The minimum Gasteiger partial charge on any atom is -0.497 e. The number of ether oxygens (including phenoxy) is 2. The van der Waals surface area contributed by atoms with Gasteiger partial charge in [-0.15, -0.1) is 0 Å². The highest BCUT2D eigenvalue weighted by molar-refractivity contribution is 7.93. The normalized spacial score (nSPS) is 13.6. The summed E-state index contributed by atoms with van der Waals surface area (Å²) in [5, 5.41) is 7.04. The first-order valence-electron chi connectivity index (χ1n) is 11.0. The molecule has 4 rings (SSSR count). The first-order chi connectivity index (χ1) is 16.7. The molecule has 1 aromatic heterocycles. The van der Waals surface area contributed by atoms with Gasteiger partial charge in [0.15, 0.2) is 0 Å². The second-order valence-electron chi connectivity index (χ2n) is 7.90. The quantitative estimate of drug-likeness (QED) is 0.530. The summed E-state index contributed by atoms with van der Waals surface area (Å²) in [4.78, 5) is 24.6. The van der Waals surface area contributed by atoms with Crippen molar-refractivity contribution in [3.05, 3.63) is 48.2 Å². The van der Waals surface area contributed by atoms with Crippen LogP contribution in [-0.2, 0) is 14.8 Å². The molecule has 0 atom stereocenters. The second kappa shape index (κ2) is 9.41. The van der Waals surface area contributed by atoms with Crippen LogP contribution >= 0.6 is 0 Å². The molecule has 0 unspecified atom stereocenters. The zero-order chi connectivity index (χ0) is 25.3. The van der Waals surface area contributed by atoms with Gasteiger partial charge in [-0.1, -0.05) is 6.07 Å². The third-order valence-corrected chi connectivity index (χ3v) is 7.71. The second-order valence-corrected chi connectivity index (χ2v) is 9.73. The van der Waals surface area contributed by atoms with Gasteiger partial charge in [0.05, 0.1) is 25.6 Å². The SMILES string of the molecule is CCN(c1ccc(OC)cc1)S(=O)(=O)c1cc(-c2c(C)nn3c2NC(=O)CCC3=O)ccc1OC. The van der Waals surface area contributed by atoms with Crippen LogP contribution < -0.4 is 19.1 Å². The summed E-state index contributed by atoms with van der Waals surface area (Å²) in [6, 6.07) is 11.4. The van der Waals surface area contributed by atoms with Crippen molar-refractivity contribution < 1.29 is 27.5 Å². The van der Waals surface area contributed by atoms with Crippen LogP contribution in [0.2, 0.25) is 0 Å². The highest BCUT2D eigenvalue weighted by Crippen LogP contribution is 2.38. The topological polar surface area (TPSA) is 120 Å². The number of hydrogen-bond donors (Lipinski definition) is 1. The molecule has 1 amide bonds. The monoisotopic (exact) mass is 498 g/mol. The van der Waals surface area contributed by atoms with Gasteiger partial charge in [0.1, 0.15) is 22.2 Å². The fraction of sp³-hybridized carbons (Fsp3) is 0.292. The number of sulfonamides is 1. The molecular formula is C24H26N4O6S. The number of fused-ring (bicyclic) bond motifs is 1. The lowest BCUT2D eigenvalue weighted by Gasteiger charge is -2.24. The van der Waals surface area contributed by atoms with Crippen molar-refractivity contribution in [2.24, 2.45) is 0 Å². The van der Waals surface area contributed by atoms with Crippen LogP contribution in [0, 0.1) is 6.92 Å². The molecule has 1 N–H and O–H groups in total. The number of carbonyl (C=O) groups excluding carboxylic acids is 2. The van der Waals surface area contributed by atoms with Gasteiger partial charge in [-0.3, -0.25) is 13.9 Å².